The third kappa shape index (κ3) is 2.93. The van der Waals surface area contributed by atoms with Crippen molar-refractivity contribution in [1.82, 2.24) is 9.78 Å². The van der Waals surface area contributed by atoms with Gasteiger partial charge in [0.2, 0.25) is 0 Å². The molecule has 0 aromatic carbocycles. The SMILES string of the molecule is CCCCn1ncc(NC2CC=CC2)c(Cl)c1=O. The molecule has 1 aromatic heterocycles. The van der Waals surface area contributed by atoms with E-state index in [1.807, 2.05) is 0 Å². The molecule has 0 spiro atoms. The van der Waals surface area contributed by atoms with Gasteiger partial charge >= 0.3 is 0 Å². The second kappa shape index (κ2) is 6.05. The number of aromatic nitrogens is 2. The van der Waals surface area contributed by atoms with E-state index in [1.54, 1.807) is 6.20 Å². The molecule has 1 N–H and O–H groups in total. The van der Waals surface area contributed by atoms with E-state index in [1.165, 1.54) is 4.68 Å². The van der Waals surface area contributed by atoms with Gasteiger partial charge in [0.15, 0.2) is 0 Å². The Bertz CT molecular complexity index is 487. The van der Waals surface area contributed by atoms with Crippen molar-refractivity contribution in [3.8, 4) is 0 Å². The molecule has 0 saturated heterocycles. The van der Waals surface area contributed by atoms with Crippen molar-refractivity contribution in [3.05, 3.63) is 33.7 Å². The molecule has 18 heavy (non-hydrogen) atoms. The van der Waals surface area contributed by atoms with Crippen molar-refractivity contribution in [2.75, 3.05) is 5.32 Å². The molecule has 1 aliphatic carbocycles. The van der Waals surface area contributed by atoms with Gasteiger partial charge in [0, 0.05) is 12.6 Å². The minimum absolute atomic E-state index is 0.207. The minimum Gasteiger partial charge on any atom is -0.379 e. The van der Waals surface area contributed by atoms with E-state index in [0.29, 0.717) is 18.3 Å². The fraction of sp³-hybridized carbons (Fsp3) is 0.538. The summed E-state index contributed by atoms with van der Waals surface area (Å²) in [6, 6.07) is 0.329. The highest BCUT2D eigenvalue weighted by Gasteiger charge is 2.14. The van der Waals surface area contributed by atoms with Crippen LogP contribution in [0.1, 0.15) is 32.6 Å². The summed E-state index contributed by atoms with van der Waals surface area (Å²) in [5.74, 6) is 0. The number of halogens is 1. The van der Waals surface area contributed by atoms with E-state index in [2.05, 4.69) is 29.5 Å². The molecular formula is C13H18ClN3O. The van der Waals surface area contributed by atoms with Gasteiger partial charge in [-0.1, -0.05) is 37.1 Å². The lowest BCUT2D eigenvalue weighted by molar-refractivity contribution is 0.543. The summed E-state index contributed by atoms with van der Waals surface area (Å²) in [6.07, 6.45) is 9.80. The zero-order valence-corrected chi connectivity index (χ0v) is 11.3. The Kier molecular flexibility index (Phi) is 4.42. The summed E-state index contributed by atoms with van der Waals surface area (Å²) >= 11 is 6.10. The number of nitrogens with zero attached hydrogens (tertiary/aromatic N) is 2. The average Bonchev–Trinajstić information content (AvgIpc) is 2.87. The number of hydrogen-bond acceptors (Lipinski definition) is 3. The number of anilines is 1. The van der Waals surface area contributed by atoms with Crippen LogP contribution in [0.5, 0.6) is 0 Å². The highest BCUT2D eigenvalue weighted by atomic mass is 35.5. The van der Waals surface area contributed by atoms with E-state index in [-0.39, 0.29) is 10.6 Å². The van der Waals surface area contributed by atoms with E-state index >= 15 is 0 Å². The van der Waals surface area contributed by atoms with Crippen LogP contribution >= 0.6 is 11.6 Å². The predicted molar refractivity (Wildman–Crippen MR) is 74.2 cm³/mol. The first-order valence-corrected chi connectivity index (χ1v) is 6.77. The maximum absolute atomic E-state index is 12.0. The fourth-order valence-electron chi connectivity index (χ4n) is 1.99. The first kappa shape index (κ1) is 13.1. The van der Waals surface area contributed by atoms with E-state index in [9.17, 15) is 4.79 Å². The number of aryl methyl sites for hydroxylation is 1. The molecule has 2 rings (SSSR count). The number of hydrogen-bond donors (Lipinski definition) is 1. The largest absolute Gasteiger partial charge is 0.379 e. The third-order valence-corrected chi connectivity index (χ3v) is 3.44. The van der Waals surface area contributed by atoms with Crippen LogP contribution in [0.15, 0.2) is 23.1 Å². The van der Waals surface area contributed by atoms with Gasteiger partial charge in [0.25, 0.3) is 5.56 Å². The molecule has 1 aromatic rings. The Balaban J connectivity index is 2.12. The van der Waals surface area contributed by atoms with Crippen LogP contribution in [0.25, 0.3) is 0 Å². The summed E-state index contributed by atoms with van der Waals surface area (Å²) < 4.78 is 1.43. The normalized spacial score (nSPS) is 15.2. The molecule has 0 amide bonds. The van der Waals surface area contributed by atoms with Crippen molar-refractivity contribution >= 4 is 17.3 Å². The van der Waals surface area contributed by atoms with Crippen LogP contribution in [0.4, 0.5) is 5.69 Å². The molecule has 0 saturated carbocycles. The van der Waals surface area contributed by atoms with Crippen molar-refractivity contribution < 1.29 is 0 Å². The second-order valence-electron chi connectivity index (χ2n) is 4.54. The van der Waals surface area contributed by atoms with Gasteiger partial charge in [-0.3, -0.25) is 4.79 Å². The monoisotopic (exact) mass is 267 g/mol. The molecule has 5 heteroatoms. The third-order valence-electron chi connectivity index (χ3n) is 3.08. The maximum atomic E-state index is 12.0. The number of nitrogens with one attached hydrogen (secondary N) is 1. The average molecular weight is 268 g/mol. The lowest BCUT2D eigenvalue weighted by Gasteiger charge is -2.15. The molecule has 4 nitrogen and oxygen atoms in total. The smallest absolute Gasteiger partial charge is 0.287 e. The summed E-state index contributed by atoms with van der Waals surface area (Å²) in [5, 5.41) is 7.66. The van der Waals surface area contributed by atoms with Gasteiger partial charge in [-0.25, -0.2) is 4.68 Å². The molecule has 0 aliphatic heterocycles. The van der Waals surface area contributed by atoms with Gasteiger partial charge in [-0.15, -0.1) is 0 Å². The minimum atomic E-state index is -0.207. The lowest BCUT2D eigenvalue weighted by Crippen LogP contribution is -2.26. The Morgan fingerprint density at radius 1 is 1.50 bits per heavy atom. The van der Waals surface area contributed by atoms with E-state index in [4.69, 9.17) is 11.6 Å². The zero-order chi connectivity index (χ0) is 13.0. The molecule has 0 fully saturated rings. The van der Waals surface area contributed by atoms with Crippen LogP contribution in [-0.2, 0) is 6.54 Å². The summed E-state index contributed by atoms with van der Waals surface area (Å²) in [4.78, 5) is 12.0. The van der Waals surface area contributed by atoms with Crippen LogP contribution in [0.2, 0.25) is 5.02 Å². The van der Waals surface area contributed by atoms with Crippen molar-refractivity contribution in [2.24, 2.45) is 0 Å². The van der Waals surface area contributed by atoms with E-state index in [0.717, 1.165) is 25.7 Å². The number of rotatable bonds is 5. The highest BCUT2D eigenvalue weighted by molar-refractivity contribution is 6.32. The molecule has 1 heterocycles. The topological polar surface area (TPSA) is 46.9 Å². The molecule has 98 valence electrons. The maximum Gasteiger partial charge on any atom is 0.287 e. The Morgan fingerprint density at radius 2 is 2.22 bits per heavy atom. The first-order valence-electron chi connectivity index (χ1n) is 6.39. The van der Waals surface area contributed by atoms with Crippen molar-refractivity contribution in [2.45, 2.75) is 45.2 Å². The summed E-state index contributed by atoms with van der Waals surface area (Å²) in [6.45, 7) is 2.70. The fourth-order valence-corrected chi connectivity index (χ4v) is 2.19. The van der Waals surface area contributed by atoms with Gasteiger partial charge in [-0.2, -0.15) is 5.10 Å². The quantitative estimate of drug-likeness (QED) is 0.835. The molecule has 0 bridgehead atoms. The standard InChI is InChI=1S/C13H18ClN3O/c1-2-3-8-17-13(18)12(14)11(9-15-17)16-10-6-4-5-7-10/h4-5,9-10,16H,2-3,6-8H2,1H3. The molecule has 0 unspecified atom stereocenters. The Morgan fingerprint density at radius 3 is 2.89 bits per heavy atom. The van der Waals surface area contributed by atoms with Gasteiger partial charge in [-0.05, 0) is 19.3 Å². The first-order chi connectivity index (χ1) is 8.72. The summed E-state index contributed by atoms with van der Waals surface area (Å²) in [7, 11) is 0. The van der Waals surface area contributed by atoms with Crippen LogP contribution < -0.4 is 10.9 Å². The predicted octanol–water partition coefficient (Wildman–Crippen LogP) is 2.83. The molecule has 1 aliphatic rings. The Labute approximate surface area is 112 Å². The number of unbranched alkanes of at least 4 members (excludes halogenated alkanes) is 1. The highest BCUT2D eigenvalue weighted by Crippen LogP contribution is 2.20. The van der Waals surface area contributed by atoms with Crippen LogP contribution in [0.3, 0.4) is 0 Å². The lowest BCUT2D eigenvalue weighted by atomic mass is 10.2. The van der Waals surface area contributed by atoms with Crippen LogP contribution in [-0.4, -0.2) is 15.8 Å². The van der Waals surface area contributed by atoms with Gasteiger partial charge in [0.1, 0.15) is 5.02 Å². The van der Waals surface area contributed by atoms with Gasteiger partial charge < -0.3 is 5.32 Å². The second-order valence-corrected chi connectivity index (χ2v) is 4.92. The zero-order valence-electron chi connectivity index (χ0n) is 10.5. The van der Waals surface area contributed by atoms with Gasteiger partial charge in [0.05, 0.1) is 11.9 Å². The molecular weight excluding hydrogens is 250 g/mol. The molecule has 0 atom stereocenters. The van der Waals surface area contributed by atoms with Crippen molar-refractivity contribution in [3.63, 3.8) is 0 Å². The van der Waals surface area contributed by atoms with Crippen molar-refractivity contribution in [1.29, 1.82) is 0 Å². The summed E-state index contributed by atoms with van der Waals surface area (Å²) in [5.41, 5.74) is 0.434. The Hall–Kier alpha value is -1.29. The van der Waals surface area contributed by atoms with Crippen LogP contribution in [0, 0.1) is 0 Å². The van der Waals surface area contributed by atoms with E-state index < -0.39 is 0 Å². The molecule has 0 radical (unpaired) electrons.